The van der Waals surface area contributed by atoms with Gasteiger partial charge in [0, 0.05) is 50.3 Å². The van der Waals surface area contributed by atoms with Gasteiger partial charge < -0.3 is 9.80 Å². The van der Waals surface area contributed by atoms with Gasteiger partial charge >= 0.3 is 0 Å². The number of piperazine rings is 1. The second-order valence-electron chi connectivity index (χ2n) is 6.76. The van der Waals surface area contributed by atoms with Crippen LogP contribution in [0.3, 0.4) is 0 Å². The monoisotopic (exact) mass is 337 g/mol. The smallest absolute Gasteiger partial charge is 0.241 e. The second-order valence-corrected chi connectivity index (χ2v) is 6.76. The van der Waals surface area contributed by atoms with Crippen LogP contribution in [0.2, 0.25) is 0 Å². The zero-order chi connectivity index (χ0) is 17.2. The number of fused-ring (bicyclic) bond motifs is 1. The lowest BCUT2D eigenvalue weighted by molar-refractivity contribution is -0.120. The van der Waals surface area contributed by atoms with Crippen LogP contribution in [-0.4, -0.2) is 59.5 Å². The number of hydrogen-bond acceptors (Lipinski definition) is 5. The molecule has 1 amide bonds. The summed E-state index contributed by atoms with van der Waals surface area (Å²) in [6.07, 6.45) is 4.48. The Labute approximate surface area is 148 Å². The van der Waals surface area contributed by atoms with Crippen molar-refractivity contribution in [1.82, 2.24) is 14.9 Å². The molecule has 2 aliphatic heterocycles. The molecule has 1 fully saturated rings. The van der Waals surface area contributed by atoms with Crippen LogP contribution in [0.1, 0.15) is 12.5 Å². The highest BCUT2D eigenvalue weighted by Crippen LogP contribution is 2.31. The lowest BCUT2D eigenvalue weighted by Gasteiger charge is -2.35. The van der Waals surface area contributed by atoms with Gasteiger partial charge in [-0.05, 0) is 31.0 Å². The first kappa shape index (κ1) is 16.0. The number of carbonyl (C=O) groups excluding carboxylic acids is 1. The molecule has 2 aliphatic rings. The number of rotatable bonds is 3. The molecule has 0 bridgehead atoms. The largest absolute Gasteiger partial charge is 0.338 e. The molecule has 1 aromatic carbocycles. The van der Waals surface area contributed by atoms with E-state index in [0.29, 0.717) is 6.54 Å². The first-order valence-electron chi connectivity index (χ1n) is 8.86. The third-order valence-corrected chi connectivity index (χ3v) is 5.04. The fourth-order valence-corrected chi connectivity index (χ4v) is 3.77. The van der Waals surface area contributed by atoms with Crippen LogP contribution in [-0.2, 0) is 11.2 Å². The highest BCUT2D eigenvalue weighted by atomic mass is 16.2. The topological polar surface area (TPSA) is 52.6 Å². The molecule has 0 saturated carbocycles. The van der Waals surface area contributed by atoms with E-state index in [9.17, 15) is 4.79 Å². The summed E-state index contributed by atoms with van der Waals surface area (Å²) in [5, 5.41) is 0. The summed E-state index contributed by atoms with van der Waals surface area (Å²) in [6.45, 7) is 6.01. The van der Waals surface area contributed by atoms with Crippen molar-refractivity contribution in [2.24, 2.45) is 0 Å². The van der Waals surface area contributed by atoms with E-state index < -0.39 is 0 Å². The molecule has 1 aromatic heterocycles. The molecule has 0 spiro atoms. The standard InChI is InChI=1S/C19H23N5O/c1-15-13-16-5-2-3-6-17(16)24(15)18(25)14-22-9-11-23(12-10-22)19-20-7-4-8-21-19/h2-8,15H,9-14H2,1H3/t15-/m0/s1. The average molecular weight is 337 g/mol. The summed E-state index contributed by atoms with van der Waals surface area (Å²) >= 11 is 0. The molecule has 130 valence electrons. The van der Waals surface area contributed by atoms with Crippen molar-refractivity contribution in [1.29, 1.82) is 0 Å². The molecule has 1 atom stereocenters. The maximum Gasteiger partial charge on any atom is 0.241 e. The van der Waals surface area contributed by atoms with Gasteiger partial charge in [0.1, 0.15) is 0 Å². The number of carbonyl (C=O) groups is 1. The van der Waals surface area contributed by atoms with Crippen LogP contribution < -0.4 is 9.80 Å². The molecular formula is C19H23N5O. The number of nitrogens with zero attached hydrogens (tertiary/aromatic N) is 5. The van der Waals surface area contributed by atoms with Crippen molar-refractivity contribution in [3.8, 4) is 0 Å². The molecule has 3 heterocycles. The fourth-order valence-electron chi connectivity index (χ4n) is 3.77. The Bertz CT molecular complexity index is 742. The molecule has 25 heavy (non-hydrogen) atoms. The quantitative estimate of drug-likeness (QED) is 0.851. The maximum absolute atomic E-state index is 12.9. The van der Waals surface area contributed by atoms with E-state index in [1.54, 1.807) is 12.4 Å². The number of anilines is 2. The minimum absolute atomic E-state index is 0.196. The summed E-state index contributed by atoms with van der Waals surface area (Å²) in [5.74, 6) is 0.970. The van der Waals surface area contributed by atoms with Crippen LogP contribution in [0.15, 0.2) is 42.7 Å². The highest BCUT2D eigenvalue weighted by Gasteiger charge is 2.31. The van der Waals surface area contributed by atoms with Crippen LogP contribution in [0.5, 0.6) is 0 Å². The number of hydrogen-bond donors (Lipinski definition) is 0. The van der Waals surface area contributed by atoms with Gasteiger partial charge in [0.15, 0.2) is 0 Å². The summed E-state index contributed by atoms with van der Waals surface area (Å²) in [7, 11) is 0. The summed E-state index contributed by atoms with van der Waals surface area (Å²) in [4.78, 5) is 27.9. The van der Waals surface area contributed by atoms with E-state index >= 15 is 0 Å². The third kappa shape index (κ3) is 3.22. The van der Waals surface area contributed by atoms with Gasteiger partial charge in [-0.2, -0.15) is 0 Å². The van der Waals surface area contributed by atoms with Gasteiger partial charge in [0.2, 0.25) is 11.9 Å². The van der Waals surface area contributed by atoms with Gasteiger partial charge in [0.05, 0.1) is 6.54 Å². The van der Waals surface area contributed by atoms with Gasteiger partial charge in [-0.25, -0.2) is 9.97 Å². The molecule has 4 rings (SSSR count). The SMILES string of the molecule is C[C@H]1Cc2ccccc2N1C(=O)CN1CCN(c2ncccn2)CC1. The Balaban J connectivity index is 1.37. The van der Waals surface area contributed by atoms with E-state index in [2.05, 4.69) is 38.8 Å². The predicted octanol–water partition coefficient (Wildman–Crippen LogP) is 1.58. The van der Waals surface area contributed by atoms with E-state index in [-0.39, 0.29) is 11.9 Å². The maximum atomic E-state index is 12.9. The Morgan fingerprint density at radius 3 is 2.56 bits per heavy atom. The molecule has 2 aromatic rings. The third-order valence-electron chi connectivity index (χ3n) is 5.04. The van der Waals surface area contributed by atoms with Gasteiger partial charge in [0.25, 0.3) is 0 Å². The van der Waals surface area contributed by atoms with Gasteiger partial charge in [-0.15, -0.1) is 0 Å². The molecular weight excluding hydrogens is 314 g/mol. The minimum atomic E-state index is 0.196. The zero-order valence-corrected chi connectivity index (χ0v) is 14.5. The molecule has 0 aliphatic carbocycles. The Kier molecular flexibility index (Phi) is 4.36. The molecule has 1 saturated heterocycles. The lowest BCUT2D eigenvalue weighted by Crippen LogP contribution is -2.51. The van der Waals surface area contributed by atoms with E-state index in [0.717, 1.165) is 44.2 Å². The number of benzene rings is 1. The van der Waals surface area contributed by atoms with Crippen molar-refractivity contribution in [2.75, 3.05) is 42.5 Å². The van der Waals surface area contributed by atoms with Crippen molar-refractivity contribution in [3.63, 3.8) is 0 Å². The van der Waals surface area contributed by atoms with Crippen molar-refractivity contribution in [3.05, 3.63) is 48.3 Å². The van der Waals surface area contributed by atoms with E-state index in [1.165, 1.54) is 5.56 Å². The fraction of sp³-hybridized carbons (Fsp3) is 0.421. The molecule has 6 heteroatoms. The molecule has 0 N–H and O–H groups in total. The predicted molar refractivity (Wildman–Crippen MR) is 97.8 cm³/mol. The van der Waals surface area contributed by atoms with Crippen molar-refractivity contribution in [2.45, 2.75) is 19.4 Å². The van der Waals surface area contributed by atoms with Crippen molar-refractivity contribution >= 4 is 17.5 Å². The highest BCUT2D eigenvalue weighted by molar-refractivity contribution is 5.97. The van der Waals surface area contributed by atoms with E-state index in [1.807, 2.05) is 23.1 Å². The second kappa shape index (κ2) is 6.80. The average Bonchev–Trinajstić information content (AvgIpc) is 2.99. The Morgan fingerprint density at radius 2 is 1.80 bits per heavy atom. The zero-order valence-electron chi connectivity index (χ0n) is 14.5. The summed E-state index contributed by atoms with van der Waals surface area (Å²) < 4.78 is 0. The summed E-state index contributed by atoms with van der Waals surface area (Å²) in [5.41, 5.74) is 2.35. The Morgan fingerprint density at radius 1 is 1.08 bits per heavy atom. The van der Waals surface area contributed by atoms with Crippen LogP contribution >= 0.6 is 0 Å². The molecule has 0 unspecified atom stereocenters. The van der Waals surface area contributed by atoms with Crippen LogP contribution in [0.4, 0.5) is 11.6 Å². The summed E-state index contributed by atoms with van der Waals surface area (Å²) in [6, 6.07) is 10.3. The number of para-hydroxylation sites is 1. The first-order chi connectivity index (χ1) is 12.2. The normalized spacial score (nSPS) is 20.6. The van der Waals surface area contributed by atoms with E-state index in [4.69, 9.17) is 0 Å². The molecule has 0 radical (unpaired) electrons. The number of amides is 1. The Hall–Kier alpha value is -2.47. The number of aromatic nitrogens is 2. The van der Waals surface area contributed by atoms with Crippen LogP contribution in [0, 0.1) is 0 Å². The van der Waals surface area contributed by atoms with Gasteiger partial charge in [-0.3, -0.25) is 9.69 Å². The van der Waals surface area contributed by atoms with Crippen LogP contribution in [0.25, 0.3) is 0 Å². The lowest BCUT2D eigenvalue weighted by atomic mass is 10.1. The molecule has 6 nitrogen and oxygen atoms in total. The first-order valence-corrected chi connectivity index (χ1v) is 8.86. The minimum Gasteiger partial charge on any atom is -0.338 e. The van der Waals surface area contributed by atoms with Crippen molar-refractivity contribution < 1.29 is 4.79 Å². The van der Waals surface area contributed by atoms with Gasteiger partial charge in [-0.1, -0.05) is 18.2 Å².